The van der Waals surface area contributed by atoms with E-state index in [9.17, 15) is 0 Å². The van der Waals surface area contributed by atoms with Crippen molar-refractivity contribution in [2.24, 2.45) is 0 Å². The lowest BCUT2D eigenvalue weighted by molar-refractivity contribution is 1.29. The summed E-state index contributed by atoms with van der Waals surface area (Å²) < 4.78 is 0. The van der Waals surface area contributed by atoms with Gasteiger partial charge in [-0.15, -0.1) is 0 Å². The van der Waals surface area contributed by atoms with Crippen molar-refractivity contribution < 1.29 is 0 Å². The van der Waals surface area contributed by atoms with Crippen LogP contribution >= 0.6 is 0 Å². The van der Waals surface area contributed by atoms with Gasteiger partial charge in [0.1, 0.15) is 0 Å². The molecule has 0 N–H and O–H groups in total. The molecule has 0 aromatic heterocycles. The van der Waals surface area contributed by atoms with E-state index in [1.165, 1.54) is 64.6 Å². The van der Waals surface area contributed by atoms with Crippen LogP contribution in [0.4, 0.5) is 68.2 Å². The monoisotopic (exact) mass is 1270 g/mol. The van der Waals surface area contributed by atoms with Crippen molar-refractivity contribution >= 4 is 133 Å². The van der Waals surface area contributed by atoms with Gasteiger partial charge in [0.25, 0.3) is 0 Å². The second kappa shape index (κ2) is 25.7. The van der Waals surface area contributed by atoms with E-state index in [0.717, 1.165) is 102 Å². The Labute approximate surface area is 582 Å². The van der Waals surface area contributed by atoms with E-state index < -0.39 is 0 Å². The summed E-state index contributed by atoms with van der Waals surface area (Å²) >= 11 is 0. The van der Waals surface area contributed by atoms with Gasteiger partial charge in [-0.25, -0.2) is 0 Å². The molecule has 4 nitrogen and oxygen atoms in total. The number of benzene rings is 18. The van der Waals surface area contributed by atoms with Gasteiger partial charge in [-0.3, -0.25) is 0 Å². The average Bonchev–Trinajstić information content (AvgIpc) is 0.791. The summed E-state index contributed by atoms with van der Waals surface area (Å²) in [5, 5.41) is 14.5. The predicted molar refractivity (Wildman–Crippen MR) is 427 cm³/mol. The van der Waals surface area contributed by atoms with Crippen molar-refractivity contribution in [1.29, 1.82) is 0 Å². The zero-order valence-corrected chi connectivity index (χ0v) is 54.9. The quantitative estimate of drug-likeness (QED) is 0.101. The van der Waals surface area contributed by atoms with E-state index in [4.69, 9.17) is 0 Å². The fourth-order valence-electron chi connectivity index (χ4n) is 14.6. The number of nitrogens with zero attached hydrogens (tertiary/aromatic N) is 4. The van der Waals surface area contributed by atoms with Crippen LogP contribution in [0.2, 0.25) is 0 Å². The summed E-state index contributed by atoms with van der Waals surface area (Å²) in [6.45, 7) is 0. The molecule has 0 radical (unpaired) electrons. The lowest BCUT2D eigenvalue weighted by atomic mass is 10.0. The Kier molecular flexibility index (Phi) is 15.2. The summed E-state index contributed by atoms with van der Waals surface area (Å²) in [6.07, 6.45) is 0. The van der Waals surface area contributed by atoms with Gasteiger partial charge in [0.05, 0.1) is 11.4 Å². The molecule has 18 aromatic rings. The molecule has 0 fully saturated rings. The molecule has 0 heterocycles. The highest BCUT2D eigenvalue weighted by molar-refractivity contribution is 6.02. The van der Waals surface area contributed by atoms with E-state index in [1.807, 2.05) is 0 Å². The molecule has 0 unspecified atom stereocenters. The first-order valence-corrected chi connectivity index (χ1v) is 34.3. The van der Waals surface area contributed by atoms with E-state index in [2.05, 4.69) is 420 Å². The smallest absolute Gasteiger partial charge is 0.0540 e. The SMILES string of the molecule is c1ccc2cc(N(c3ccc(-c4ccc(N(c5ccc(-c6ccc(N(c7ccc(-c8ccc(N(c9ccc%10ccccc%10c9)c9ccc%10ccccc%10c9)cc8)cc7)c7cccc8ccccc78)cc6)cc5)c5cccc6ccccc56)cc4)cc3)c3ccc4ccccc4c3)ccc2c1. The van der Waals surface area contributed by atoms with Crippen LogP contribution in [-0.4, -0.2) is 0 Å². The lowest BCUT2D eigenvalue weighted by Crippen LogP contribution is -2.10. The third kappa shape index (κ3) is 11.4. The molecule has 100 heavy (non-hydrogen) atoms. The van der Waals surface area contributed by atoms with Crippen LogP contribution in [0.3, 0.4) is 0 Å². The fourth-order valence-corrected chi connectivity index (χ4v) is 14.6. The van der Waals surface area contributed by atoms with Gasteiger partial charge in [0, 0.05) is 67.6 Å². The van der Waals surface area contributed by atoms with Gasteiger partial charge in [-0.05, 0) is 221 Å². The second-order valence-corrected chi connectivity index (χ2v) is 25.7. The minimum absolute atomic E-state index is 1.07. The Hall–Kier alpha value is -13.3. The van der Waals surface area contributed by atoms with Crippen molar-refractivity contribution in [1.82, 2.24) is 0 Å². The maximum atomic E-state index is 2.39. The van der Waals surface area contributed by atoms with Crippen LogP contribution in [0.5, 0.6) is 0 Å². The molecule has 0 saturated carbocycles. The number of hydrogen-bond acceptors (Lipinski definition) is 4. The third-order valence-corrected chi connectivity index (χ3v) is 19.7. The topological polar surface area (TPSA) is 13.0 Å². The number of fused-ring (bicyclic) bond motifs is 6. The van der Waals surface area contributed by atoms with Gasteiger partial charge in [-0.2, -0.15) is 0 Å². The van der Waals surface area contributed by atoms with Crippen LogP contribution in [0.25, 0.3) is 98.0 Å². The minimum atomic E-state index is 1.07. The number of anilines is 12. The Morgan fingerprint density at radius 1 is 0.120 bits per heavy atom. The first kappa shape index (κ1) is 59.2. The van der Waals surface area contributed by atoms with Gasteiger partial charge in [0.2, 0.25) is 0 Å². The Balaban J connectivity index is 0.636. The summed E-state index contributed by atoms with van der Waals surface area (Å²) in [5.74, 6) is 0. The van der Waals surface area contributed by atoms with E-state index in [-0.39, 0.29) is 0 Å². The predicted octanol–water partition coefficient (Wildman–Crippen LogP) is 27.5. The molecular formula is C96H66N4. The average molecular weight is 1280 g/mol. The molecule has 0 aliphatic rings. The van der Waals surface area contributed by atoms with Crippen molar-refractivity contribution in [3.8, 4) is 33.4 Å². The highest BCUT2D eigenvalue weighted by atomic mass is 15.2. The van der Waals surface area contributed by atoms with Crippen molar-refractivity contribution in [3.63, 3.8) is 0 Å². The van der Waals surface area contributed by atoms with Gasteiger partial charge in [-0.1, -0.05) is 267 Å². The van der Waals surface area contributed by atoms with Crippen molar-refractivity contribution in [2.75, 3.05) is 19.6 Å². The Morgan fingerprint density at radius 2 is 0.310 bits per heavy atom. The second-order valence-electron chi connectivity index (χ2n) is 25.7. The number of rotatable bonds is 15. The molecule has 0 spiro atoms. The summed E-state index contributed by atoms with van der Waals surface area (Å²) in [4.78, 5) is 9.52. The van der Waals surface area contributed by atoms with Crippen LogP contribution in [-0.2, 0) is 0 Å². The van der Waals surface area contributed by atoms with Crippen LogP contribution in [0, 0.1) is 0 Å². The fraction of sp³-hybridized carbons (Fsp3) is 0. The lowest BCUT2D eigenvalue weighted by Gasteiger charge is -2.28. The Morgan fingerprint density at radius 3 is 0.560 bits per heavy atom. The van der Waals surface area contributed by atoms with Crippen LogP contribution in [0.15, 0.2) is 400 Å². The first-order valence-electron chi connectivity index (χ1n) is 34.3. The minimum Gasteiger partial charge on any atom is -0.310 e. The van der Waals surface area contributed by atoms with E-state index in [1.54, 1.807) is 0 Å². The summed E-state index contributed by atoms with van der Waals surface area (Å²) in [6, 6.07) is 146. The third-order valence-electron chi connectivity index (χ3n) is 19.7. The van der Waals surface area contributed by atoms with Gasteiger partial charge < -0.3 is 19.6 Å². The summed E-state index contributed by atoms with van der Waals surface area (Å²) in [5.41, 5.74) is 20.0. The molecular weight excluding hydrogens is 1210 g/mol. The molecule has 0 aliphatic heterocycles. The molecule has 18 rings (SSSR count). The maximum absolute atomic E-state index is 2.39. The van der Waals surface area contributed by atoms with Crippen molar-refractivity contribution in [2.45, 2.75) is 0 Å². The number of hydrogen-bond donors (Lipinski definition) is 0. The molecule has 18 aromatic carbocycles. The molecule has 0 aliphatic carbocycles. The van der Waals surface area contributed by atoms with E-state index in [0.29, 0.717) is 0 Å². The standard InChI is InChI=1S/C96H66N4/c1-5-21-79-63-89(59-43-67(79)15-1)97(90-60-44-68-16-2-6-22-80(68)64-90)83-47-31-71(32-48-83)73-35-51-85(52-36-73)99(95-29-13-25-77-19-9-11-27-93(77)95)87-55-39-75(40-56-87)76-41-57-88(58-42-76)100(96-30-14-26-78-20-10-12-28-94(78)96)86-53-37-74(38-54-86)72-33-49-84(50-34-72)98(91-61-45-69-17-3-7-23-81(69)65-91)92-62-46-70-18-4-8-24-82(70)66-92/h1-66H. The molecule has 470 valence electrons. The molecule has 0 saturated heterocycles. The first-order chi connectivity index (χ1) is 49.5. The zero-order valence-electron chi connectivity index (χ0n) is 54.9. The molecule has 0 bridgehead atoms. The van der Waals surface area contributed by atoms with Crippen molar-refractivity contribution in [3.05, 3.63) is 400 Å². The summed E-state index contributed by atoms with van der Waals surface area (Å²) in [7, 11) is 0. The molecule has 0 amide bonds. The van der Waals surface area contributed by atoms with Gasteiger partial charge >= 0.3 is 0 Å². The normalized spacial score (nSPS) is 11.4. The van der Waals surface area contributed by atoms with Crippen LogP contribution < -0.4 is 19.6 Å². The zero-order chi connectivity index (χ0) is 66.3. The largest absolute Gasteiger partial charge is 0.310 e. The van der Waals surface area contributed by atoms with Crippen LogP contribution in [0.1, 0.15) is 0 Å². The molecule has 0 atom stereocenters. The highest BCUT2D eigenvalue weighted by Gasteiger charge is 2.21. The molecule has 4 heteroatoms. The van der Waals surface area contributed by atoms with E-state index >= 15 is 0 Å². The maximum Gasteiger partial charge on any atom is 0.0540 e. The van der Waals surface area contributed by atoms with Gasteiger partial charge in [0.15, 0.2) is 0 Å². The highest BCUT2D eigenvalue weighted by Crippen LogP contribution is 2.46. The Bertz CT molecular complexity index is 5480.